The van der Waals surface area contributed by atoms with Gasteiger partial charge in [0.25, 0.3) is 0 Å². The Morgan fingerprint density at radius 3 is 2.76 bits per heavy atom. The third kappa shape index (κ3) is 2.93. The molecule has 1 saturated heterocycles. The molecule has 0 amide bonds. The fourth-order valence-corrected chi connectivity index (χ4v) is 4.68. The fraction of sp³-hybridized carbons (Fsp3) is 0.625. The lowest BCUT2D eigenvalue weighted by molar-refractivity contribution is -0.441. The van der Waals surface area contributed by atoms with Crippen LogP contribution < -0.4 is 0 Å². The third-order valence-corrected chi connectivity index (χ3v) is 6.47. The molecule has 0 radical (unpaired) electrons. The van der Waals surface area contributed by atoms with Crippen molar-refractivity contribution in [2.45, 2.75) is 55.3 Å². The van der Waals surface area contributed by atoms with Gasteiger partial charge in [0.1, 0.15) is 11.7 Å². The van der Waals surface area contributed by atoms with Crippen LogP contribution in [-0.2, 0) is 20.6 Å². The van der Waals surface area contributed by atoms with Crippen molar-refractivity contribution >= 4 is 10.8 Å². The van der Waals surface area contributed by atoms with Crippen LogP contribution in [0, 0.1) is 5.92 Å². The van der Waals surface area contributed by atoms with Crippen molar-refractivity contribution in [1.82, 2.24) is 0 Å². The Kier molecular flexibility index (Phi) is 3.94. The molecule has 21 heavy (non-hydrogen) atoms. The fourth-order valence-electron chi connectivity index (χ4n) is 3.25. The molecule has 1 aliphatic carbocycles. The molecule has 1 aromatic carbocycles. The van der Waals surface area contributed by atoms with E-state index >= 15 is 0 Å². The molecule has 2 bridgehead atoms. The van der Waals surface area contributed by atoms with Crippen LogP contribution in [0.25, 0.3) is 0 Å². The van der Waals surface area contributed by atoms with Gasteiger partial charge in [0, 0.05) is 4.90 Å². The summed E-state index contributed by atoms with van der Waals surface area (Å²) in [6.07, 6.45) is 2.04. The summed E-state index contributed by atoms with van der Waals surface area (Å²) in [6, 6.07) is 9.44. The van der Waals surface area contributed by atoms with Crippen LogP contribution in [0.5, 0.6) is 0 Å². The molecule has 3 rings (SSSR count). The first kappa shape index (κ1) is 15.2. The van der Waals surface area contributed by atoms with E-state index in [1.165, 1.54) is 0 Å². The molecule has 4 nitrogen and oxygen atoms in total. The molecular formula is C16H22O4S. The lowest BCUT2D eigenvalue weighted by Gasteiger charge is -2.50. The summed E-state index contributed by atoms with van der Waals surface area (Å²) < 4.78 is 12.5. The van der Waals surface area contributed by atoms with Gasteiger partial charge >= 0.3 is 0 Å². The van der Waals surface area contributed by atoms with E-state index in [0.717, 1.165) is 17.7 Å². The smallest absolute Gasteiger partial charge is 0.122 e. The monoisotopic (exact) mass is 310 g/mol. The molecule has 5 atom stereocenters. The Morgan fingerprint density at radius 2 is 2.05 bits per heavy atom. The predicted molar refractivity (Wildman–Crippen MR) is 80.0 cm³/mol. The van der Waals surface area contributed by atoms with Crippen LogP contribution in [0.3, 0.4) is 0 Å². The van der Waals surface area contributed by atoms with Crippen LogP contribution in [0.1, 0.15) is 33.1 Å². The highest BCUT2D eigenvalue weighted by molar-refractivity contribution is 7.85. The number of fused-ring (bicyclic) bond motifs is 2. The van der Waals surface area contributed by atoms with Gasteiger partial charge in [-0.15, -0.1) is 0 Å². The van der Waals surface area contributed by atoms with Crippen molar-refractivity contribution in [3.63, 3.8) is 0 Å². The van der Waals surface area contributed by atoms with E-state index in [1.54, 1.807) is 6.92 Å². The van der Waals surface area contributed by atoms with Crippen LogP contribution in [0.15, 0.2) is 35.2 Å². The van der Waals surface area contributed by atoms with Crippen molar-refractivity contribution in [2.24, 2.45) is 5.92 Å². The highest BCUT2D eigenvalue weighted by Gasteiger charge is 2.52. The quantitative estimate of drug-likeness (QED) is 0.871. The predicted octanol–water partition coefficient (Wildman–Crippen LogP) is 2.43. The molecule has 1 aliphatic heterocycles. The number of hydrogen-bond donors (Lipinski definition) is 1. The molecule has 116 valence electrons. The zero-order valence-corrected chi connectivity index (χ0v) is 13.3. The van der Waals surface area contributed by atoms with Gasteiger partial charge in [0.05, 0.1) is 22.2 Å². The van der Waals surface area contributed by atoms with E-state index in [0.29, 0.717) is 12.2 Å². The lowest BCUT2D eigenvalue weighted by atomic mass is 9.71. The molecule has 0 unspecified atom stereocenters. The van der Waals surface area contributed by atoms with Gasteiger partial charge in [-0.05, 0) is 51.2 Å². The van der Waals surface area contributed by atoms with Gasteiger partial charge in [0.2, 0.25) is 0 Å². The van der Waals surface area contributed by atoms with Crippen LogP contribution in [-0.4, -0.2) is 32.4 Å². The molecule has 1 N–H and O–H groups in total. The number of aliphatic hydroxyl groups is 1. The van der Waals surface area contributed by atoms with Gasteiger partial charge in [-0.1, -0.05) is 18.2 Å². The molecule has 1 heterocycles. The molecule has 1 aromatic rings. The van der Waals surface area contributed by atoms with Gasteiger partial charge < -0.3 is 5.11 Å². The minimum absolute atomic E-state index is 0.268. The van der Waals surface area contributed by atoms with E-state index in [-0.39, 0.29) is 12.0 Å². The topological polar surface area (TPSA) is 55.8 Å². The zero-order chi connectivity index (χ0) is 15.1. The van der Waals surface area contributed by atoms with E-state index in [1.807, 2.05) is 37.3 Å². The largest absolute Gasteiger partial charge is 0.387 e. The first-order valence-corrected chi connectivity index (χ1v) is 8.73. The average molecular weight is 310 g/mol. The molecule has 2 aliphatic rings. The summed E-state index contributed by atoms with van der Waals surface area (Å²) in [5.41, 5.74) is -1.38. The Balaban J connectivity index is 1.73. The Bertz CT molecular complexity index is 530. The minimum Gasteiger partial charge on any atom is -0.387 e. The second kappa shape index (κ2) is 5.47. The van der Waals surface area contributed by atoms with E-state index in [9.17, 15) is 9.32 Å². The SMILES string of the molecule is C[C@@]1(O)CC[C@@H]2C[C@H]1OO[C@@]2(C)C[S@@](=O)c1ccccc1. The van der Waals surface area contributed by atoms with E-state index < -0.39 is 22.0 Å². The molecular weight excluding hydrogens is 288 g/mol. The molecule has 5 heteroatoms. The number of hydrogen-bond acceptors (Lipinski definition) is 4. The Labute approximate surface area is 127 Å². The number of benzene rings is 1. The van der Waals surface area contributed by atoms with Crippen molar-refractivity contribution in [1.29, 1.82) is 0 Å². The van der Waals surface area contributed by atoms with Crippen LogP contribution in [0.2, 0.25) is 0 Å². The minimum atomic E-state index is -1.12. The summed E-state index contributed by atoms with van der Waals surface area (Å²) in [4.78, 5) is 11.9. The Hall–Kier alpha value is -0.750. The Morgan fingerprint density at radius 1 is 1.33 bits per heavy atom. The summed E-state index contributed by atoms with van der Waals surface area (Å²) in [5.74, 6) is 0.681. The normalized spacial score (nSPS) is 40.7. The molecule has 2 fully saturated rings. The second-order valence-electron chi connectivity index (χ2n) is 6.61. The highest BCUT2D eigenvalue weighted by atomic mass is 32.2. The van der Waals surface area contributed by atoms with Crippen LogP contribution in [0.4, 0.5) is 0 Å². The van der Waals surface area contributed by atoms with Crippen molar-refractivity contribution in [2.75, 3.05) is 5.75 Å². The van der Waals surface area contributed by atoms with E-state index in [4.69, 9.17) is 9.78 Å². The molecule has 1 saturated carbocycles. The van der Waals surface area contributed by atoms with Crippen LogP contribution >= 0.6 is 0 Å². The second-order valence-corrected chi connectivity index (χ2v) is 8.06. The number of rotatable bonds is 3. The maximum atomic E-state index is 12.5. The summed E-state index contributed by atoms with van der Waals surface area (Å²) in [5, 5.41) is 10.3. The summed E-state index contributed by atoms with van der Waals surface area (Å²) in [7, 11) is -1.12. The van der Waals surface area contributed by atoms with E-state index in [2.05, 4.69) is 0 Å². The van der Waals surface area contributed by atoms with Gasteiger partial charge in [0.15, 0.2) is 0 Å². The highest BCUT2D eigenvalue weighted by Crippen LogP contribution is 2.45. The maximum Gasteiger partial charge on any atom is 0.122 e. The third-order valence-electron chi connectivity index (χ3n) is 4.83. The van der Waals surface area contributed by atoms with Crippen molar-refractivity contribution in [3.05, 3.63) is 30.3 Å². The molecule has 0 aromatic heterocycles. The first-order chi connectivity index (χ1) is 9.91. The maximum absolute atomic E-state index is 12.5. The van der Waals surface area contributed by atoms with Gasteiger partial charge in [-0.2, -0.15) is 0 Å². The summed E-state index contributed by atoms with van der Waals surface area (Å²) >= 11 is 0. The first-order valence-electron chi connectivity index (χ1n) is 7.41. The van der Waals surface area contributed by atoms with Crippen molar-refractivity contribution in [3.8, 4) is 0 Å². The summed E-state index contributed by atoms with van der Waals surface area (Å²) in [6.45, 7) is 3.76. The lowest BCUT2D eigenvalue weighted by Crippen LogP contribution is -2.58. The van der Waals surface area contributed by atoms with Gasteiger partial charge in [-0.25, -0.2) is 9.78 Å². The zero-order valence-electron chi connectivity index (χ0n) is 12.5. The van der Waals surface area contributed by atoms with Gasteiger partial charge in [-0.3, -0.25) is 4.21 Å². The average Bonchev–Trinajstić information content (AvgIpc) is 2.46. The van der Waals surface area contributed by atoms with Crippen molar-refractivity contribution < 1.29 is 19.1 Å². The standard InChI is InChI=1S/C16H22O4S/c1-15(17)9-8-12-10-14(15)19-20-16(12,2)11-21(18)13-6-4-3-5-7-13/h3-7,12,14,17H,8-11H2,1-2H3/t12-,14-,15-,16+,21-/m1/s1. The molecule has 0 spiro atoms.